The van der Waals surface area contributed by atoms with E-state index in [0.717, 1.165) is 5.56 Å². The molecule has 0 amide bonds. The second-order valence-electron chi connectivity index (χ2n) is 4.64. The zero-order valence-corrected chi connectivity index (χ0v) is 10.9. The van der Waals surface area contributed by atoms with Crippen LogP contribution in [-0.4, -0.2) is 15.1 Å². The van der Waals surface area contributed by atoms with Crippen molar-refractivity contribution in [1.29, 1.82) is 0 Å². The Hall–Kier alpha value is -2.36. The third kappa shape index (κ3) is 3.55. The third-order valence-electron chi connectivity index (χ3n) is 2.64. The van der Waals surface area contributed by atoms with E-state index in [-0.39, 0.29) is 17.2 Å². The summed E-state index contributed by atoms with van der Waals surface area (Å²) in [6, 6.07) is 8.34. The van der Waals surface area contributed by atoms with Crippen LogP contribution in [0.1, 0.15) is 36.8 Å². The molecule has 0 saturated carbocycles. The lowest BCUT2D eigenvalue weighted by Crippen LogP contribution is -2.12. The highest BCUT2D eigenvalue weighted by Gasteiger charge is 2.03. The number of hydrogen-bond donors (Lipinski definition) is 2. The monoisotopic (exact) mass is 256 g/mol. The minimum Gasteiger partial charge on any atom is -0.508 e. The van der Waals surface area contributed by atoms with E-state index in [0.29, 0.717) is 11.5 Å². The molecule has 4 nitrogen and oxygen atoms in total. The summed E-state index contributed by atoms with van der Waals surface area (Å²) in [6.45, 7) is 3.95. The van der Waals surface area contributed by atoms with Crippen LogP contribution in [0.2, 0.25) is 0 Å². The Bertz CT molecular complexity index is 657. The van der Waals surface area contributed by atoms with E-state index in [1.54, 1.807) is 24.3 Å². The van der Waals surface area contributed by atoms with Crippen molar-refractivity contribution in [3.05, 3.63) is 57.8 Å². The van der Waals surface area contributed by atoms with Crippen molar-refractivity contribution in [2.45, 2.75) is 19.8 Å². The fraction of sp³-hybridized carbons (Fsp3) is 0.200. The Morgan fingerprint density at radius 2 is 2.05 bits per heavy atom. The summed E-state index contributed by atoms with van der Waals surface area (Å²) >= 11 is 0. The molecule has 0 aliphatic rings. The van der Waals surface area contributed by atoms with E-state index in [4.69, 9.17) is 0 Å². The summed E-state index contributed by atoms with van der Waals surface area (Å²) in [6.07, 6.45) is 3.57. The van der Waals surface area contributed by atoms with Crippen LogP contribution >= 0.6 is 0 Å². The summed E-state index contributed by atoms with van der Waals surface area (Å²) < 4.78 is 0. The highest BCUT2D eigenvalue weighted by molar-refractivity contribution is 5.68. The molecule has 0 aliphatic heterocycles. The SMILES string of the molecule is CC(C)c1nc(/C=C/c2cccc(O)c2)cc(=O)[nH]1. The van der Waals surface area contributed by atoms with Gasteiger partial charge in [0.2, 0.25) is 0 Å². The molecule has 19 heavy (non-hydrogen) atoms. The van der Waals surface area contributed by atoms with Gasteiger partial charge < -0.3 is 10.1 Å². The first-order chi connectivity index (χ1) is 9.04. The van der Waals surface area contributed by atoms with E-state index in [2.05, 4.69) is 9.97 Å². The lowest BCUT2D eigenvalue weighted by Gasteiger charge is -2.04. The van der Waals surface area contributed by atoms with Gasteiger partial charge in [0.05, 0.1) is 5.69 Å². The highest BCUT2D eigenvalue weighted by Crippen LogP contribution is 2.14. The van der Waals surface area contributed by atoms with Crippen LogP contribution in [0.15, 0.2) is 35.1 Å². The molecule has 0 unspecified atom stereocenters. The fourth-order valence-corrected chi connectivity index (χ4v) is 1.66. The average molecular weight is 256 g/mol. The molecule has 1 aromatic heterocycles. The molecule has 4 heteroatoms. The van der Waals surface area contributed by atoms with Gasteiger partial charge in [0.15, 0.2) is 0 Å². The summed E-state index contributed by atoms with van der Waals surface area (Å²) in [5, 5.41) is 9.37. The summed E-state index contributed by atoms with van der Waals surface area (Å²) in [5.41, 5.74) is 1.30. The number of H-pyrrole nitrogens is 1. The zero-order chi connectivity index (χ0) is 13.8. The number of aromatic nitrogens is 2. The lowest BCUT2D eigenvalue weighted by atomic mass is 10.2. The van der Waals surface area contributed by atoms with Gasteiger partial charge in [-0.3, -0.25) is 4.79 Å². The molecular formula is C15H16N2O2. The first-order valence-electron chi connectivity index (χ1n) is 6.13. The number of hydrogen-bond acceptors (Lipinski definition) is 3. The van der Waals surface area contributed by atoms with Crippen molar-refractivity contribution in [2.24, 2.45) is 0 Å². The summed E-state index contributed by atoms with van der Waals surface area (Å²) in [4.78, 5) is 18.6. The van der Waals surface area contributed by atoms with Gasteiger partial charge in [-0.1, -0.05) is 32.1 Å². The highest BCUT2D eigenvalue weighted by atomic mass is 16.3. The fourth-order valence-electron chi connectivity index (χ4n) is 1.66. The van der Waals surface area contributed by atoms with Crippen LogP contribution in [-0.2, 0) is 0 Å². The van der Waals surface area contributed by atoms with E-state index in [1.165, 1.54) is 6.07 Å². The number of aromatic hydroxyl groups is 1. The Balaban J connectivity index is 2.30. The number of aromatic amines is 1. The molecular weight excluding hydrogens is 240 g/mol. The lowest BCUT2D eigenvalue weighted by molar-refractivity contribution is 0.475. The summed E-state index contributed by atoms with van der Waals surface area (Å²) in [7, 11) is 0. The van der Waals surface area contributed by atoms with Crippen molar-refractivity contribution in [3.8, 4) is 5.75 Å². The maximum absolute atomic E-state index is 11.5. The van der Waals surface area contributed by atoms with Crippen molar-refractivity contribution in [1.82, 2.24) is 9.97 Å². The molecule has 98 valence electrons. The topological polar surface area (TPSA) is 66.0 Å². The van der Waals surface area contributed by atoms with Gasteiger partial charge in [0, 0.05) is 12.0 Å². The molecule has 0 fully saturated rings. The van der Waals surface area contributed by atoms with Crippen molar-refractivity contribution < 1.29 is 5.11 Å². The largest absolute Gasteiger partial charge is 0.508 e. The minimum atomic E-state index is -0.158. The summed E-state index contributed by atoms with van der Waals surface area (Å²) in [5.74, 6) is 1.05. The average Bonchev–Trinajstić information content (AvgIpc) is 2.36. The predicted molar refractivity (Wildman–Crippen MR) is 76.0 cm³/mol. The predicted octanol–water partition coefficient (Wildman–Crippen LogP) is 2.77. The van der Waals surface area contributed by atoms with E-state index >= 15 is 0 Å². The second kappa shape index (κ2) is 5.52. The first kappa shape index (κ1) is 13.1. The number of nitrogens with one attached hydrogen (secondary N) is 1. The smallest absolute Gasteiger partial charge is 0.251 e. The van der Waals surface area contributed by atoms with Crippen molar-refractivity contribution >= 4 is 12.2 Å². The van der Waals surface area contributed by atoms with Gasteiger partial charge in [0.25, 0.3) is 5.56 Å². The Morgan fingerprint density at radius 1 is 1.26 bits per heavy atom. The Morgan fingerprint density at radius 3 is 2.74 bits per heavy atom. The number of phenolic OH excluding ortho intramolecular Hbond substituents is 1. The van der Waals surface area contributed by atoms with Gasteiger partial charge >= 0.3 is 0 Å². The Labute approximate surface area is 111 Å². The van der Waals surface area contributed by atoms with Gasteiger partial charge in [0.1, 0.15) is 11.6 Å². The standard InChI is InChI=1S/C15H16N2O2/c1-10(2)15-16-12(9-14(19)17-15)7-6-11-4-3-5-13(18)8-11/h3-10,18H,1-2H3,(H,16,17,19)/b7-6+. The van der Waals surface area contributed by atoms with Crippen molar-refractivity contribution in [3.63, 3.8) is 0 Å². The molecule has 0 bridgehead atoms. The maximum Gasteiger partial charge on any atom is 0.251 e. The normalized spacial score (nSPS) is 11.3. The van der Waals surface area contributed by atoms with Crippen LogP contribution in [0.3, 0.4) is 0 Å². The third-order valence-corrected chi connectivity index (χ3v) is 2.64. The molecule has 0 aliphatic carbocycles. The van der Waals surface area contributed by atoms with Crippen LogP contribution in [0.25, 0.3) is 12.2 Å². The molecule has 2 N–H and O–H groups in total. The van der Waals surface area contributed by atoms with Crippen molar-refractivity contribution in [2.75, 3.05) is 0 Å². The van der Waals surface area contributed by atoms with E-state index < -0.39 is 0 Å². The number of phenols is 1. The number of nitrogens with zero attached hydrogens (tertiary/aromatic N) is 1. The zero-order valence-electron chi connectivity index (χ0n) is 10.9. The van der Waals surface area contributed by atoms with Crippen LogP contribution in [0, 0.1) is 0 Å². The molecule has 0 saturated heterocycles. The van der Waals surface area contributed by atoms with Gasteiger partial charge in [-0.25, -0.2) is 4.98 Å². The molecule has 0 atom stereocenters. The van der Waals surface area contributed by atoms with E-state index in [1.807, 2.05) is 26.0 Å². The Kier molecular flexibility index (Phi) is 3.80. The van der Waals surface area contributed by atoms with Crippen LogP contribution in [0.5, 0.6) is 5.75 Å². The number of benzene rings is 1. The molecule has 1 heterocycles. The van der Waals surface area contributed by atoms with Crippen LogP contribution in [0.4, 0.5) is 0 Å². The van der Waals surface area contributed by atoms with E-state index in [9.17, 15) is 9.90 Å². The van der Waals surface area contributed by atoms with Gasteiger partial charge in [-0.2, -0.15) is 0 Å². The number of rotatable bonds is 3. The molecule has 0 radical (unpaired) electrons. The van der Waals surface area contributed by atoms with Gasteiger partial charge in [-0.05, 0) is 23.8 Å². The molecule has 1 aromatic carbocycles. The van der Waals surface area contributed by atoms with Crippen LogP contribution < -0.4 is 5.56 Å². The maximum atomic E-state index is 11.5. The second-order valence-corrected chi connectivity index (χ2v) is 4.64. The quantitative estimate of drug-likeness (QED) is 0.887. The molecule has 0 spiro atoms. The molecule has 2 rings (SSSR count). The minimum absolute atomic E-state index is 0.158. The molecule has 2 aromatic rings. The van der Waals surface area contributed by atoms with Gasteiger partial charge in [-0.15, -0.1) is 0 Å². The first-order valence-corrected chi connectivity index (χ1v) is 6.13.